The molecule has 0 aromatic heterocycles. The standard InChI is InChI=1S/C14H11Br2NO3.C8H7ClO3/c15-11(12(16)14(19)20)13(18)17-10-7-3-5-8-4-1-2-6-9(8)10;9-6-1-3-7(4-2-6)12-5-8(10)11/h1-7,11-12H,(H,17,18)(H,19,20);1-4H,5H2,(H,10,11). The number of benzene rings is 3. The van der Waals surface area contributed by atoms with Crippen molar-refractivity contribution in [3.63, 3.8) is 0 Å². The average molecular weight is 588 g/mol. The van der Waals surface area contributed by atoms with Crippen molar-refractivity contribution in [3.8, 4) is 5.75 Å². The van der Waals surface area contributed by atoms with Gasteiger partial charge in [0.2, 0.25) is 5.91 Å². The molecule has 3 aromatic rings. The SMILES string of the molecule is O=C(O)C(Br)C(Br)C(=O)Nc1cccc2ccccc12.O=C(O)COc1ccc(Cl)cc1. The molecule has 7 nitrogen and oxygen atoms in total. The molecule has 0 saturated heterocycles. The molecule has 3 aromatic carbocycles. The number of rotatable bonds is 7. The molecule has 3 rings (SSSR count). The van der Waals surface area contributed by atoms with Gasteiger partial charge in [-0.3, -0.25) is 9.59 Å². The summed E-state index contributed by atoms with van der Waals surface area (Å²) in [5, 5.41) is 22.4. The van der Waals surface area contributed by atoms with Crippen LogP contribution in [0.3, 0.4) is 0 Å². The van der Waals surface area contributed by atoms with Crippen molar-refractivity contribution in [1.82, 2.24) is 0 Å². The van der Waals surface area contributed by atoms with E-state index >= 15 is 0 Å². The van der Waals surface area contributed by atoms with E-state index in [4.69, 9.17) is 26.6 Å². The third kappa shape index (κ3) is 7.81. The van der Waals surface area contributed by atoms with Crippen LogP contribution in [0.25, 0.3) is 10.8 Å². The van der Waals surface area contributed by atoms with Crippen LogP contribution < -0.4 is 10.1 Å². The molecule has 0 bridgehead atoms. The summed E-state index contributed by atoms with van der Waals surface area (Å²) in [7, 11) is 0. The molecule has 2 unspecified atom stereocenters. The van der Waals surface area contributed by atoms with E-state index in [1.807, 2.05) is 36.4 Å². The molecule has 0 aliphatic carbocycles. The van der Waals surface area contributed by atoms with E-state index in [-0.39, 0.29) is 6.61 Å². The van der Waals surface area contributed by atoms with Gasteiger partial charge in [-0.1, -0.05) is 79.9 Å². The van der Waals surface area contributed by atoms with Gasteiger partial charge in [-0.2, -0.15) is 0 Å². The molecule has 2 atom stereocenters. The Morgan fingerprint density at radius 1 is 0.906 bits per heavy atom. The number of amides is 1. The first-order valence-corrected chi connectivity index (χ1v) is 11.3. The minimum atomic E-state index is -1.10. The maximum absolute atomic E-state index is 12.1. The van der Waals surface area contributed by atoms with Gasteiger partial charge >= 0.3 is 11.9 Å². The second-order valence-electron chi connectivity index (χ2n) is 6.29. The van der Waals surface area contributed by atoms with Crippen LogP contribution in [0.2, 0.25) is 5.02 Å². The molecular weight excluding hydrogens is 570 g/mol. The van der Waals surface area contributed by atoms with Gasteiger partial charge in [0.25, 0.3) is 0 Å². The summed E-state index contributed by atoms with van der Waals surface area (Å²) in [6.07, 6.45) is 0. The van der Waals surface area contributed by atoms with Crippen LogP contribution in [0.4, 0.5) is 5.69 Å². The van der Waals surface area contributed by atoms with Gasteiger partial charge in [0.15, 0.2) is 6.61 Å². The van der Waals surface area contributed by atoms with Gasteiger partial charge in [-0.25, -0.2) is 4.79 Å². The molecule has 168 valence electrons. The van der Waals surface area contributed by atoms with Crippen LogP contribution in [0, 0.1) is 0 Å². The van der Waals surface area contributed by atoms with Crippen molar-refractivity contribution >= 4 is 77.8 Å². The van der Waals surface area contributed by atoms with E-state index in [1.165, 1.54) is 0 Å². The molecule has 10 heteroatoms. The zero-order valence-corrected chi connectivity index (χ0v) is 20.3. The number of alkyl halides is 2. The highest BCUT2D eigenvalue weighted by molar-refractivity contribution is 9.12. The molecule has 32 heavy (non-hydrogen) atoms. The second kappa shape index (κ2) is 12.4. The maximum atomic E-state index is 12.1. The number of aliphatic carboxylic acids is 2. The van der Waals surface area contributed by atoms with Gasteiger partial charge in [0.05, 0.1) is 0 Å². The molecule has 0 spiro atoms. The highest BCUT2D eigenvalue weighted by Gasteiger charge is 2.29. The topological polar surface area (TPSA) is 113 Å². The van der Waals surface area contributed by atoms with Crippen molar-refractivity contribution in [2.45, 2.75) is 9.65 Å². The lowest BCUT2D eigenvalue weighted by molar-refractivity contribution is -0.139. The van der Waals surface area contributed by atoms with E-state index in [9.17, 15) is 14.4 Å². The zero-order valence-electron chi connectivity index (χ0n) is 16.4. The van der Waals surface area contributed by atoms with E-state index in [2.05, 4.69) is 37.2 Å². The zero-order chi connectivity index (χ0) is 23.7. The molecule has 0 heterocycles. The summed E-state index contributed by atoms with van der Waals surface area (Å²) in [6, 6.07) is 19.7. The summed E-state index contributed by atoms with van der Waals surface area (Å²) >= 11 is 11.7. The van der Waals surface area contributed by atoms with Gasteiger partial charge < -0.3 is 20.3 Å². The van der Waals surface area contributed by atoms with Crippen LogP contribution in [0.15, 0.2) is 66.7 Å². The Hall–Kier alpha value is -2.62. The fourth-order valence-electron chi connectivity index (χ4n) is 2.47. The Morgan fingerprint density at radius 2 is 1.53 bits per heavy atom. The van der Waals surface area contributed by atoms with Gasteiger partial charge in [-0.05, 0) is 35.7 Å². The third-order valence-corrected chi connectivity index (χ3v) is 6.79. The average Bonchev–Trinajstić information content (AvgIpc) is 2.78. The van der Waals surface area contributed by atoms with E-state index in [0.717, 1.165) is 10.8 Å². The van der Waals surface area contributed by atoms with E-state index in [1.54, 1.807) is 30.3 Å². The lowest BCUT2D eigenvalue weighted by Gasteiger charge is -2.14. The smallest absolute Gasteiger partial charge is 0.341 e. The number of carbonyl (C=O) groups is 3. The molecule has 0 radical (unpaired) electrons. The highest BCUT2D eigenvalue weighted by atomic mass is 79.9. The van der Waals surface area contributed by atoms with Crippen molar-refractivity contribution < 1.29 is 29.3 Å². The minimum Gasteiger partial charge on any atom is -0.482 e. The second-order valence-corrected chi connectivity index (χ2v) is 8.70. The van der Waals surface area contributed by atoms with Crippen molar-refractivity contribution in [1.29, 1.82) is 0 Å². The van der Waals surface area contributed by atoms with Gasteiger partial charge in [0.1, 0.15) is 15.4 Å². The molecule has 1 amide bonds. The molecule has 0 aliphatic heterocycles. The first-order chi connectivity index (χ1) is 15.2. The molecule has 3 N–H and O–H groups in total. The summed E-state index contributed by atoms with van der Waals surface area (Å²) < 4.78 is 4.86. The summed E-state index contributed by atoms with van der Waals surface area (Å²) in [5.74, 6) is -2.00. The lowest BCUT2D eigenvalue weighted by atomic mass is 10.1. The first-order valence-electron chi connectivity index (χ1n) is 9.08. The number of nitrogens with one attached hydrogen (secondary N) is 1. The molecule has 0 saturated carbocycles. The fraction of sp³-hybridized carbons (Fsp3) is 0.136. The predicted molar refractivity (Wildman–Crippen MR) is 130 cm³/mol. The Kier molecular flexibility index (Phi) is 9.96. The number of carbonyl (C=O) groups excluding carboxylic acids is 1. The Labute approximate surface area is 205 Å². The Balaban J connectivity index is 0.000000258. The van der Waals surface area contributed by atoms with Crippen molar-refractivity contribution in [3.05, 3.63) is 71.8 Å². The van der Waals surface area contributed by atoms with Crippen LogP contribution in [-0.4, -0.2) is 44.3 Å². The lowest BCUT2D eigenvalue weighted by Crippen LogP contribution is -2.34. The van der Waals surface area contributed by atoms with Crippen molar-refractivity contribution in [2.75, 3.05) is 11.9 Å². The van der Waals surface area contributed by atoms with E-state index < -0.39 is 27.5 Å². The number of halogens is 3. The molecule has 0 fully saturated rings. The Morgan fingerprint density at radius 3 is 2.16 bits per heavy atom. The van der Waals surface area contributed by atoms with E-state index in [0.29, 0.717) is 16.5 Å². The highest BCUT2D eigenvalue weighted by Crippen LogP contribution is 2.24. The van der Waals surface area contributed by atoms with Gasteiger partial charge in [-0.15, -0.1) is 0 Å². The first kappa shape index (κ1) is 25.6. The third-order valence-electron chi connectivity index (χ3n) is 3.97. The van der Waals surface area contributed by atoms with Crippen LogP contribution in [-0.2, 0) is 14.4 Å². The number of hydrogen-bond donors (Lipinski definition) is 3. The number of anilines is 1. The number of carboxylic acids is 2. The number of hydrogen-bond acceptors (Lipinski definition) is 4. The number of fused-ring (bicyclic) bond motifs is 1. The molecule has 0 aliphatic rings. The summed E-state index contributed by atoms with van der Waals surface area (Å²) in [4.78, 5) is 31.1. The maximum Gasteiger partial charge on any atom is 0.341 e. The monoisotopic (exact) mass is 585 g/mol. The normalized spacial score (nSPS) is 12.1. The summed E-state index contributed by atoms with van der Waals surface area (Å²) in [6.45, 7) is -0.332. The quantitative estimate of drug-likeness (QED) is 0.328. The Bertz CT molecular complexity index is 1090. The number of ether oxygens (including phenoxy) is 1. The van der Waals surface area contributed by atoms with Gasteiger partial charge in [0, 0.05) is 16.1 Å². The van der Waals surface area contributed by atoms with Crippen LogP contribution >= 0.6 is 43.5 Å². The molecular formula is C22H18Br2ClNO6. The van der Waals surface area contributed by atoms with Crippen molar-refractivity contribution in [2.24, 2.45) is 0 Å². The minimum absolute atomic E-state index is 0.332. The summed E-state index contributed by atoms with van der Waals surface area (Å²) in [5.41, 5.74) is 0.655. The van der Waals surface area contributed by atoms with Crippen LogP contribution in [0.5, 0.6) is 5.75 Å². The number of carboxylic acid groups (broad SMARTS) is 2. The largest absolute Gasteiger partial charge is 0.482 e. The predicted octanol–water partition coefficient (Wildman–Crippen LogP) is 5.19. The van der Waals surface area contributed by atoms with Crippen LogP contribution in [0.1, 0.15) is 0 Å². The fourth-order valence-corrected chi connectivity index (χ4v) is 3.18.